The molecule has 1 rings (SSSR count). The highest BCUT2D eigenvalue weighted by molar-refractivity contribution is 6.30. The number of nitrogens with one attached hydrogen (secondary N) is 2. The third-order valence-electron chi connectivity index (χ3n) is 1.79. The smallest absolute Gasteiger partial charge is 0.355 e. The van der Waals surface area contributed by atoms with E-state index in [0.29, 0.717) is 5.02 Å². The number of nitrogens with zero attached hydrogens (tertiary/aromatic N) is 1. The molecule has 0 atom stereocenters. The molecule has 5 nitrogen and oxygen atoms in total. The first-order valence-corrected chi connectivity index (χ1v) is 5.61. The highest BCUT2D eigenvalue weighted by Gasteiger charge is 2.03. The predicted octanol–water partition coefficient (Wildman–Crippen LogP) is -0.130. The Labute approximate surface area is 106 Å². The number of anilines is 1. The quantitative estimate of drug-likeness (QED) is 0.438. The lowest BCUT2D eigenvalue weighted by molar-refractivity contribution is -0.495. The van der Waals surface area contributed by atoms with Crippen LogP contribution in [0, 0.1) is 0 Å². The number of guanidine groups is 2. The minimum atomic E-state index is 0.210. The van der Waals surface area contributed by atoms with Crippen LogP contribution in [-0.4, -0.2) is 18.0 Å². The molecule has 0 fully saturated rings. The van der Waals surface area contributed by atoms with Crippen LogP contribution in [0.1, 0.15) is 13.8 Å². The molecule has 0 aromatic heterocycles. The number of aliphatic imine (C=N–C) groups is 1. The number of hydrogen-bond acceptors (Lipinski definition) is 0. The molecule has 1 aromatic rings. The highest BCUT2D eigenvalue weighted by Crippen LogP contribution is 2.12. The second-order valence-electron chi connectivity index (χ2n) is 3.81. The third-order valence-corrected chi connectivity index (χ3v) is 2.05. The summed E-state index contributed by atoms with van der Waals surface area (Å²) in [5.74, 6) is 0.497. The van der Waals surface area contributed by atoms with Gasteiger partial charge in [0, 0.05) is 10.7 Å². The summed E-state index contributed by atoms with van der Waals surface area (Å²) < 4.78 is 0. The number of nitrogens with two attached hydrogens (primary N) is 2. The fourth-order valence-electron chi connectivity index (χ4n) is 1.17. The Hall–Kier alpha value is -1.75. The van der Waals surface area contributed by atoms with E-state index in [1.54, 1.807) is 24.3 Å². The summed E-state index contributed by atoms with van der Waals surface area (Å²) in [5.41, 5.74) is 12.1. The predicted molar refractivity (Wildman–Crippen MR) is 72.0 cm³/mol. The van der Waals surface area contributed by atoms with Crippen molar-refractivity contribution in [3.8, 4) is 0 Å². The second-order valence-corrected chi connectivity index (χ2v) is 4.25. The summed E-state index contributed by atoms with van der Waals surface area (Å²) in [4.78, 5) is 6.90. The molecule has 0 radical (unpaired) electrons. The van der Waals surface area contributed by atoms with Gasteiger partial charge in [-0.25, -0.2) is 0 Å². The molecular weight excluding hydrogens is 238 g/mol. The average molecular weight is 255 g/mol. The van der Waals surface area contributed by atoms with E-state index in [0.717, 1.165) is 5.69 Å². The second kappa shape index (κ2) is 6.10. The van der Waals surface area contributed by atoms with E-state index in [-0.39, 0.29) is 18.0 Å². The summed E-state index contributed by atoms with van der Waals surface area (Å²) in [5, 5.41) is 3.57. The zero-order valence-corrected chi connectivity index (χ0v) is 10.6. The van der Waals surface area contributed by atoms with Crippen LogP contribution in [-0.2, 0) is 0 Å². The monoisotopic (exact) mass is 254 g/mol. The maximum absolute atomic E-state index is 5.77. The Bertz CT molecular complexity index is 422. The van der Waals surface area contributed by atoms with E-state index >= 15 is 0 Å². The van der Waals surface area contributed by atoms with Gasteiger partial charge in [-0.1, -0.05) is 11.6 Å². The molecule has 0 aliphatic heterocycles. The van der Waals surface area contributed by atoms with Gasteiger partial charge in [-0.05, 0) is 43.1 Å². The van der Waals surface area contributed by atoms with Gasteiger partial charge in [-0.15, -0.1) is 0 Å². The van der Waals surface area contributed by atoms with Gasteiger partial charge in [0.15, 0.2) is 0 Å². The van der Waals surface area contributed by atoms with E-state index in [9.17, 15) is 0 Å². The van der Waals surface area contributed by atoms with E-state index < -0.39 is 0 Å². The zero-order chi connectivity index (χ0) is 12.8. The first-order chi connectivity index (χ1) is 7.97. The Balaban J connectivity index is 2.68. The summed E-state index contributed by atoms with van der Waals surface area (Å²) >= 11 is 5.77. The largest absolute Gasteiger partial charge is 0.386 e. The first kappa shape index (κ1) is 13.3. The van der Waals surface area contributed by atoms with Gasteiger partial charge in [0.2, 0.25) is 0 Å². The van der Waals surface area contributed by atoms with E-state index in [1.165, 1.54) is 0 Å². The fraction of sp³-hybridized carbons (Fsp3) is 0.273. The number of rotatable bonds is 2. The SMILES string of the molecule is CC(C)[NH+]=C(N)/N=C(\N)Nc1ccc(Cl)cc1. The van der Waals surface area contributed by atoms with Crippen LogP contribution < -0.4 is 21.8 Å². The van der Waals surface area contributed by atoms with Crippen LogP contribution in [0.5, 0.6) is 0 Å². The van der Waals surface area contributed by atoms with E-state index in [4.69, 9.17) is 23.1 Å². The molecule has 1 aromatic carbocycles. The lowest BCUT2D eigenvalue weighted by atomic mass is 10.3. The topological polar surface area (TPSA) is 90.4 Å². The summed E-state index contributed by atoms with van der Waals surface area (Å²) in [6.45, 7) is 3.93. The molecule has 92 valence electrons. The van der Waals surface area contributed by atoms with Gasteiger partial charge in [0.05, 0.1) is 6.04 Å². The van der Waals surface area contributed by atoms with Crippen LogP contribution >= 0.6 is 11.6 Å². The van der Waals surface area contributed by atoms with Crippen molar-refractivity contribution in [2.24, 2.45) is 16.5 Å². The number of benzene rings is 1. The summed E-state index contributed by atoms with van der Waals surface area (Å²) in [6, 6.07) is 7.34. The standard InChI is InChI=1S/C11H16ClN5/c1-7(2)15-10(13)17-11(14)16-9-5-3-8(12)4-6-9/h3-7H,1-2H3,(H5,13,14,15,16,17)/p+1. The van der Waals surface area contributed by atoms with Crippen molar-refractivity contribution in [1.29, 1.82) is 0 Å². The van der Waals surface area contributed by atoms with Crippen LogP contribution in [0.25, 0.3) is 0 Å². The molecule has 0 spiro atoms. The molecule has 0 heterocycles. The highest BCUT2D eigenvalue weighted by atomic mass is 35.5. The molecule has 0 unspecified atom stereocenters. The maximum Gasteiger partial charge on any atom is 0.386 e. The molecule has 6 heteroatoms. The van der Waals surface area contributed by atoms with Crippen LogP contribution in [0.15, 0.2) is 29.3 Å². The molecule has 0 amide bonds. The van der Waals surface area contributed by atoms with Crippen molar-refractivity contribution in [1.82, 2.24) is 0 Å². The van der Waals surface area contributed by atoms with Gasteiger partial charge >= 0.3 is 5.96 Å². The van der Waals surface area contributed by atoms with Crippen molar-refractivity contribution in [2.75, 3.05) is 5.32 Å². The first-order valence-electron chi connectivity index (χ1n) is 5.23. The maximum atomic E-state index is 5.77. The lowest BCUT2D eigenvalue weighted by Gasteiger charge is -2.02. The summed E-state index contributed by atoms with van der Waals surface area (Å²) in [6.07, 6.45) is 0. The Morgan fingerprint density at radius 2 is 1.88 bits per heavy atom. The van der Waals surface area contributed by atoms with E-state index in [1.807, 2.05) is 13.8 Å². The lowest BCUT2D eigenvalue weighted by Crippen LogP contribution is -2.79. The van der Waals surface area contributed by atoms with Gasteiger partial charge in [-0.2, -0.15) is 0 Å². The van der Waals surface area contributed by atoms with Crippen molar-refractivity contribution < 1.29 is 4.99 Å². The minimum absolute atomic E-state index is 0.210. The third kappa shape index (κ3) is 5.21. The molecule has 0 aliphatic rings. The molecule has 0 aliphatic carbocycles. The van der Waals surface area contributed by atoms with Crippen LogP contribution in [0.3, 0.4) is 0 Å². The van der Waals surface area contributed by atoms with Gasteiger partial charge < -0.3 is 11.1 Å². The fourth-order valence-corrected chi connectivity index (χ4v) is 1.29. The molecule has 6 N–H and O–H groups in total. The van der Waals surface area contributed by atoms with Crippen molar-refractivity contribution in [3.05, 3.63) is 29.3 Å². The molecule has 0 bridgehead atoms. The molecule has 0 saturated carbocycles. The van der Waals surface area contributed by atoms with Crippen molar-refractivity contribution >= 4 is 29.2 Å². The Morgan fingerprint density at radius 1 is 1.29 bits per heavy atom. The number of halogens is 1. The van der Waals surface area contributed by atoms with Crippen molar-refractivity contribution in [2.45, 2.75) is 19.9 Å². The van der Waals surface area contributed by atoms with E-state index in [2.05, 4.69) is 15.3 Å². The van der Waals surface area contributed by atoms with Crippen LogP contribution in [0.2, 0.25) is 5.02 Å². The van der Waals surface area contributed by atoms with Gasteiger partial charge in [-0.3, -0.25) is 10.7 Å². The van der Waals surface area contributed by atoms with Gasteiger partial charge in [0.25, 0.3) is 5.96 Å². The minimum Gasteiger partial charge on any atom is -0.355 e. The zero-order valence-electron chi connectivity index (χ0n) is 9.87. The summed E-state index contributed by atoms with van der Waals surface area (Å²) in [7, 11) is 0. The molecule has 17 heavy (non-hydrogen) atoms. The van der Waals surface area contributed by atoms with Gasteiger partial charge in [0.1, 0.15) is 0 Å². The molecule has 0 saturated heterocycles. The Morgan fingerprint density at radius 3 is 2.41 bits per heavy atom. The van der Waals surface area contributed by atoms with Crippen LogP contribution in [0.4, 0.5) is 5.69 Å². The normalized spacial score (nSPS) is 12.9. The van der Waals surface area contributed by atoms with Crippen molar-refractivity contribution in [3.63, 3.8) is 0 Å². The number of hydrogen-bond donors (Lipinski definition) is 4. The Kier molecular flexibility index (Phi) is 4.78. The molecular formula is C11H17ClN5+. The average Bonchev–Trinajstić information content (AvgIpc) is 2.19.